The molecule has 128 valence electrons. The van der Waals surface area contributed by atoms with E-state index in [1.54, 1.807) is 17.5 Å². The first-order valence-electron chi connectivity index (χ1n) is 7.68. The Balaban J connectivity index is 1.52. The standard InChI is InChI=1S/C16H19N3O2S3/c20-24(21,15-7-4-12-23-15)19-10-8-18(9-11-19)16(22)17-13-14-5-2-1-3-6-14/h1-7,12H,8-11,13H2,(H,17,22). The van der Waals surface area contributed by atoms with Gasteiger partial charge in [0.2, 0.25) is 0 Å². The van der Waals surface area contributed by atoms with Crippen molar-refractivity contribution in [2.75, 3.05) is 26.2 Å². The van der Waals surface area contributed by atoms with Crippen LogP contribution < -0.4 is 5.32 Å². The van der Waals surface area contributed by atoms with Crippen molar-refractivity contribution < 1.29 is 8.42 Å². The predicted octanol–water partition coefficient (Wildman–Crippen LogP) is 2.13. The molecule has 0 unspecified atom stereocenters. The summed E-state index contributed by atoms with van der Waals surface area (Å²) in [5.74, 6) is 0. The molecule has 0 aliphatic carbocycles. The molecule has 8 heteroatoms. The Hall–Kier alpha value is -1.48. The van der Waals surface area contributed by atoms with E-state index < -0.39 is 10.0 Å². The maximum atomic E-state index is 12.5. The van der Waals surface area contributed by atoms with Crippen molar-refractivity contribution in [3.63, 3.8) is 0 Å². The van der Waals surface area contributed by atoms with Crippen LogP contribution >= 0.6 is 23.6 Å². The second kappa shape index (κ2) is 7.60. The van der Waals surface area contributed by atoms with Crippen molar-refractivity contribution in [2.24, 2.45) is 0 Å². The van der Waals surface area contributed by atoms with E-state index in [4.69, 9.17) is 12.2 Å². The van der Waals surface area contributed by atoms with Gasteiger partial charge in [0.1, 0.15) is 4.21 Å². The number of hydrogen-bond acceptors (Lipinski definition) is 4. The molecule has 3 rings (SSSR count). The second-order valence-electron chi connectivity index (χ2n) is 5.47. The summed E-state index contributed by atoms with van der Waals surface area (Å²) in [5.41, 5.74) is 1.17. The largest absolute Gasteiger partial charge is 0.358 e. The first-order chi connectivity index (χ1) is 11.6. The lowest BCUT2D eigenvalue weighted by atomic mass is 10.2. The number of nitrogens with zero attached hydrogens (tertiary/aromatic N) is 2. The number of nitrogens with one attached hydrogen (secondary N) is 1. The van der Waals surface area contributed by atoms with Gasteiger partial charge < -0.3 is 10.2 Å². The third-order valence-electron chi connectivity index (χ3n) is 3.90. The van der Waals surface area contributed by atoms with Gasteiger partial charge in [-0.2, -0.15) is 4.31 Å². The Labute approximate surface area is 152 Å². The van der Waals surface area contributed by atoms with Crippen molar-refractivity contribution in [3.05, 3.63) is 53.4 Å². The molecule has 1 saturated heterocycles. The molecule has 24 heavy (non-hydrogen) atoms. The van der Waals surface area contributed by atoms with Gasteiger partial charge >= 0.3 is 0 Å². The zero-order valence-corrected chi connectivity index (χ0v) is 15.5. The fourth-order valence-corrected chi connectivity index (χ4v) is 5.38. The van der Waals surface area contributed by atoms with Gasteiger partial charge in [-0.1, -0.05) is 36.4 Å². The van der Waals surface area contributed by atoms with E-state index in [-0.39, 0.29) is 0 Å². The third-order valence-corrected chi connectivity index (χ3v) is 7.58. The first-order valence-corrected chi connectivity index (χ1v) is 10.4. The van der Waals surface area contributed by atoms with Gasteiger partial charge in [0, 0.05) is 32.7 Å². The quantitative estimate of drug-likeness (QED) is 0.823. The second-order valence-corrected chi connectivity index (χ2v) is 8.97. The Bertz CT molecular complexity index is 768. The first kappa shape index (κ1) is 17.3. The zero-order valence-electron chi connectivity index (χ0n) is 13.1. The van der Waals surface area contributed by atoms with Crippen LogP contribution in [0.3, 0.4) is 0 Å². The summed E-state index contributed by atoms with van der Waals surface area (Å²) in [5, 5.41) is 5.70. The summed E-state index contributed by atoms with van der Waals surface area (Å²) < 4.78 is 27.0. The number of benzene rings is 1. The van der Waals surface area contributed by atoms with Crippen molar-refractivity contribution >= 4 is 38.7 Å². The molecule has 0 spiro atoms. The lowest BCUT2D eigenvalue weighted by Crippen LogP contribution is -2.52. The zero-order chi connectivity index (χ0) is 17.0. The lowest BCUT2D eigenvalue weighted by Gasteiger charge is -2.35. The van der Waals surface area contributed by atoms with E-state index in [0.717, 1.165) is 0 Å². The SMILES string of the molecule is O=S(=O)(c1cccs1)N1CCN(C(=S)NCc2ccccc2)CC1. The highest BCUT2D eigenvalue weighted by Crippen LogP contribution is 2.22. The Kier molecular flexibility index (Phi) is 5.50. The smallest absolute Gasteiger partial charge is 0.252 e. The number of thiocarbonyl (C=S) groups is 1. The molecular formula is C16H19N3O2S3. The molecule has 0 bridgehead atoms. The fraction of sp³-hybridized carbons (Fsp3) is 0.312. The lowest BCUT2D eigenvalue weighted by molar-refractivity contribution is 0.264. The summed E-state index contributed by atoms with van der Waals surface area (Å²) in [6, 6.07) is 13.5. The average Bonchev–Trinajstić information content (AvgIpc) is 3.16. The molecule has 5 nitrogen and oxygen atoms in total. The van der Waals surface area contributed by atoms with E-state index in [1.807, 2.05) is 35.2 Å². The van der Waals surface area contributed by atoms with Crippen LogP contribution in [0.15, 0.2) is 52.1 Å². The number of rotatable bonds is 4. The van der Waals surface area contributed by atoms with Gasteiger partial charge in [-0.3, -0.25) is 0 Å². The van der Waals surface area contributed by atoms with E-state index in [1.165, 1.54) is 21.2 Å². The summed E-state index contributed by atoms with van der Waals surface area (Å²) in [6.07, 6.45) is 0. The van der Waals surface area contributed by atoms with E-state index in [0.29, 0.717) is 42.0 Å². The molecule has 1 aromatic carbocycles. The van der Waals surface area contributed by atoms with Gasteiger partial charge in [-0.05, 0) is 29.2 Å². The van der Waals surface area contributed by atoms with Gasteiger partial charge in [-0.25, -0.2) is 8.42 Å². The third kappa shape index (κ3) is 3.94. The fourth-order valence-electron chi connectivity index (χ4n) is 2.55. The number of hydrogen-bond donors (Lipinski definition) is 1. The summed E-state index contributed by atoms with van der Waals surface area (Å²) in [7, 11) is -3.36. The maximum Gasteiger partial charge on any atom is 0.252 e. The molecule has 1 aliphatic rings. The van der Waals surface area contributed by atoms with Crippen LogP contribution in [0.5, 0.6) is 0 Å². The molecule has 0 radical (unpaired) electrons. The van der Waals surface area contributed by atoms with Crippen molar-refractivity contribution in [2.45, 2.75) is 10.8 Å². The van der Waals surface area contributed by atoms with Crippen LogP contribution in [0.25, 0.3) is 0 Å². The number of piperazine rings is 1. The normalized spacial score (nSPS) is 16.1. The molecule has 1 aliphatic heterocycles. The van der Waals surface area contributed by atoms with Gasteiger partial charge in [0.05, 0.1) is 0 Å². The molecule has 1 N–H and O–H groups in total. The molecule has 2 heterocycles. The van der Waals surface area contributed by atoms with Crippen LogP contribution in [0.4, 0.5) is 0 Å². The topological polar surface area (TPSA) is 52.7 Å². The predicted molar refractivity (Wildman–Crippen MR) is 101 cm³/mol. The van der Waals surface area contributed by atoms with Crippen LogP contribution in [0, 0.1) is 0 Å². The summed E-state index contributed by atoms with van der Waals surface area (Å²) in [4.78, 5) is 2.03. The molecule has 0 atom stereocenters. The highest BCUT2D eigenvalue weighted by atomic mass is 32.2. The molecule has 0 amide bonds. The minimum atomic E-state index is -3.36. The van der Waals surface area contributed by atoms with Crippen LogP contribution in [0.1, 0.15) is 5.56 Å². The van der Waals surface area contributed by atoms with E-state index in [9.17, 15) is 8.42 Å². The highest BCUT2D eigenvalue weighted by molar-refractivity contribution is 7.91. The summed E-state index contributed by atoms with van der Waals surface area (Å²) >= 11 is 6.69. The highest BCUT2D eigenvalue weighted by Gasteiger charge is 2.29. The van der Waals surface area contributed by atoms with Crippen molar-refractivity contribution in [1.82, 2.24) is 14.5 Å². The van der Waals surface area contributed by atoms with Crippen molar-refractivity contribution in [1.29, 1.82) is 0 Å². The Morgan fingerprint density at radius 3 is 2.42 bits per heavy atom. The van der Waals surface area contributed by atoms with Crippen LogP contribution in [-0.2, 0) is 16.6 Å². The van der Waals surface area contributed by atoms with Crippen LogP contribution in [-0.4, -0.2) is 48.9 Å². The van der Waals surface area contributed by atoms with E-state index in [2.05, 4.69) is 5.32 Å². The number of sulfonamides is 1. The maximum absolute atomic E-state index is 12.5. The number of thiophene rings is 1. The van der Waals surface area contributed by atoms with Crippen molar-refractivity contribution in [3.8, 4) is 0 Å². The molecule has 2 aromatic rings. The van der Waals surface area contributed by atoms with Crippen LogP contribution in [0.2, 0.25) is 0 Å². The molecule has 1 fully saturated rings. The minimum Gasteiger partial charge on any atom is -0.358 e. The van der Waals surface area contributed by atoms with E-state index >= 15 is 0 Å². The molecular weight excluding hydrogens is 362 g/mol. The molecule has 1 aromatic heterocycles. The molecule has 0 saturated carbocycles. The van der Waals surface area contributed by atoms with Gasteiger partial charge in [-0.15, -0.1) is 11.3 Å². The van der Waals surface area contributed by atoms with Gasteiger partial charge in [0.15, 0.2) is 5.11 Å². The summed E-state index contributed by atoms with van der Waals surface area (Å²) in [6.45, 7) is 2.78. The Morgan fingerprint density at radius 1 is 1.08 bits per heavy atom. The average molecular weight is 382 g/mol. The van der Waals surface area contributed by atoms with Gasteiger partial charge in [0.25, 0.3) is 10.0 Å². The minimum absolute atomic E-state index is 0.403. The monoisotopic (exact) mass is 381 g/mol. The Morgan fingerprint density at radius 2 is 1.79 bits per heavy atom.